The minimum atomic E-state index is -1.45. The first-order valence-electron chi connectivity index (χ1n) is 14.3. The summed E-state index contributed by atoms with van der Waals surface area (Å²) in [7, 11) is 3.20. The summed E-state index contributed by atoms with van der Waals surface area (Å²) in [4.78, 5) is 57.8. The zero-order valence-corrected chi connectivity index (χ0v) is 26.6. The number of amides is 4. The summed E-state index contributed by atoms with van der Waals surface area (Å²) in [5, 5.41) is 7.83. The van der Waals surface area contributed by atoms with E-state index in [0.29, 0.717) is 5.56 Å². The highest BCUT2D eigenvalue weighted by atomic mass is 19.1. The summed E-state index contributed by atoms with van der Waals surface area (Å²) in [5.74, 6) is -1.94. The molecule has 3 aromatic rings. The van der Waals surface area contributed by atoms with E-state index in [1.165, 1.54) is 60.1 Å². The van der Waals surface area contributed by atoms with Crippen molar-refractivity contribution >= 4 is 29.6 Å². The average Bonchev–Trinajstić information content (AvgIpc) is 3.40. The second kappa shape index (κ2) is 16.0. The van der Waals surface area contributed by atoms with E-state index in [1.54, 1.807) is 34.9 Å². The van der Waals surface area contributed by atoms with E-state index in [9.17, 15) is 23.6 Å². The molecule has 1 aromatic heterocycles. The van der Waals surface area contributed by atoms with Crippen LogP contribution in [0.2, 0.25) is 0 Å². The van der Waals surface area contributed by atoms with Crippen LogP contribution in [0.5, 0.6) is 0 Å². The lowest BCUT2D eigenvalue weighted by molar-refractivity contribution is -0.131. The van der Waals surface area contributed by atoms with Crippen LogP contribution in [0.3, 0.4) is 0 Å². The molecule has 2 aromatic carbocycles. The van der Waals surface area contributed by atoms with Crippen LogP contribution in [-0.2, 0) is 30.5 Å². The van der Waals surface area contributed by atoms with Crippen molar-refractivity contribution in [3.05, 3.63) is 84.1 Å². The molecule has 0 saturated carbocycles. The molecule has 1 unspecified atom stereocenters. The zero-order valence-electron chi connectivity index (χ0n) is 26.6. The molecule has 0 spiro atoms. The Labute approximate surface area is 269 Å². The summed E-state index contributed by atoms with van der Waals surface area (Å²) >= 11 is 0. The largest absolute Gasteiger partial charge is 0.444 e. The van der Waals surface area contributed by atoms with Crippen LogP contribution >= 0.6 is 0 Å². The van der Waals surface area contributed by atoms with Crippen molar-refractivity contribution < 1.29 is 33.0 Å². The SMILES string of the molecule is C.CN(C)C(=O)C(c1ccc(F)cc1)n1cnc(NC(=O)[C@@H](COCc2ccccc2)NC(=O)C(C)(C)NC(=O)OC(C)(C)C)c1. The highest BCUT2D eigenvalue weighted by Gasteiger charge is 2.35. The quantitative estimate of drug-likeness (QED) is 0.268. The Morgan fingerprint density at radius 2 is 1.61 bits per heavy atom. The van der Waals surface area contributed by atoms with Crippen molar-refractivity contribution in [1.29, 1.82) is 0 Å². The molecular weight excluding hydrogens is 595 g/mol. The molecule has 0 fully saturated rings. The van der Waals surface area contributed by atoms with Gasteiger partial charge in [-0.2, -0.15) is 0 Å². The minimum absolute atomic E-state index is 0. The number of nitrogens with zero attached hydrogens (tertiary/aromatic N) is 3. The molecule has 13 heteroatoms. The van der Waals surface area contributed by atoms with E-state index < -0.39 is 46.9 Å². The van der Waals surface area contributed by atoms with E-state index in [-0.39, 0.29) is 32.4 Å². The average molecular weight is 641 g/mol. The van der Waals surface area contributed by atoms with Gasteiger partial charge in [-0.15, -0.1) is 0 Å². The van der Waals surface area contributed by atoms with Crippen molar-refractivity contribution in [2.24, 2.45) is 0 Å². The first kappa shape index (κ1) is 37.4. The van der Waals surface area contributed by atoms with E-state index >= 15 is 0 Å². The number of carbonyl (C=O) groups is 4. The maximum atomic E-state index is 13.6. The fourth-order valence-electron chi connectivity index (χ4n) is 4.09. The number of nitrogens with one attached hydrogen (secondary N) is 3. The first-order chi connectivity index (χ1) is 21.1. The van der Waals surface area contributed by atoms with E-state index in [0.717, 1.165) is 5.56 Å². The molecule has 0 aliphatic heterocycles. The van der Waals surface area contributed by atoms with Crippen LogP contribution in [0.4, 0.5) is 15.0 Å². The van der Waals surface area contributed by atoms with Crippen LogP contribution in [-0.4, -0.2) is 76.1 Å². The second-order valence-corrected chi connectivity index (χ2v) is 12.2. The fraction of sp³-hybridized carbons (Fsp3) is 0.424. The Kier molecular flexibility index (Phi) is 13.0. The molecule has 2 atom stereocenters. The van der Waals surface area contributed by atoms with Gasteiger partial charge in [-0.3, -0.25) is 14.4 Å². The van der Waals surface area contributed by atoms with Gasteiger partial charge in [0.2, 0.25) is 11.8 Å². The lowest BCUT2D eigenvalue weighted by atomic mass is 10.0. The number of rotatable bonds is 12. The molecule has 1 heterocycles. The smallest absolute Gasteiger partial charge is 0.408 e. The standard InChI is InChI=1S/C32H41FN6O6.CH4/c1-31(2,3)45-30(43)37-32(4,5)29(42)35-24(19-44-18-21-11-9-8-10-12-21)27(40)36-25-17-39(20-34-25)26(28(41)38(6)7)22-13-15-23(33)16-14-22;/h8-17,20,24,26H,18-19H2,1-7H3,(H,35,42)(H,36,40)(H,37,43);1H4/t24-,26?;/m1./s1. The van der Waals surface area contributed by atoms with E-state index in [2.05, 4.69) is 20.9 Å². The molecule has 250 valence electrons. The number of hydrogen-bond donors (Lipinski definition) is 3. The minimum Gasteiger partial charge on any atom is -0.444 e. The normalized spacial score (nSPS) is 12.6. The molecule has 0 bridgehead atoms. The molecule has 3 N–H and O–H groups in total. The number of ether oxygens (including phenoxy) is 2. The Bertz CT molecular complexity index is 1470. The summed E-state index contributed by atoms with van der Waals surface area (Å²) in [6, 6.07) is 12.8. The summed E-state index contributed by atoms with van der Waals surface area (Å²) in [5.41, 5.74) is -0.840. The van der Waals surface area contributed by atoms with Gasteiger partial charge in [-0.05, 0) is 57.9 Å². The highest BCUT2D eigenvalue weighted by Crippen LogP contribution is 2.22. The molecule has 12 nitrogen and oxygen atoms in total. The summed E-state index contributed by atoms with van der Waals surface area (Å²) in [6.45, 7) is 8.03. The van der Waals surface area contributed by atoms with Crippen LogP contribution in [0, 0.1) is 5.82 Å². The van der Waals surface area contributed by atoms with Gasteiger partial charge >= 0.3 is 6.09 Å². The molecule has 0 radical (unpaired) electrons. The predicted molar refractivity (Wildman–Crippen MR) is 172 cm³/mol. The van der Waals surface area contributed by atoms with Crippen LogP contribution in [0.1, 0.15) is 59.2 Å². The van der Waals surface area contributed by atoms with Crippen molar-refractivity contribution in [2.75, 3.05) is 26.0 Å². The number of alkyl carbamates (subject to hydrolysis) is 1. The first-order valence-corrected chi connectivity index (χ1v) is 14.3. The molecule has 3 rings (SSSR count). The van der Waals surface area contributed by atoms with Gasteiger partial charge < -0.3 is 34.9 Å². The summed E-state index contributed by atoms with van der Waals surface area (Å²) < 4.78 is 26.1. The van der Waals surface area contributed by atoms with Crippen molar-refractivity contribution in [1.82, 2.24) is 25.1 Å². The monoisotopic (exact) mass is 640 g/mol. The van der Waals surface area contributed by atoms with Gasteiger partial charge in [0.1, 0.15) is 29.0 Å². The molecule has 46 heavy (non-hydrogen) atoms. The Balaban J connectivity index is 0.00000736. The second-order valence-electron chi connectivity index (χ2n) is 12.2. The van der Waals surface area contributed by atoms with Crippen molar-refractivity contribution in [2.45, 2.75) is 71.9 Å². The predicted octanol–water partition coefficient (Wildman–Crippen LogP) is 4.28. The Hall–Kier alpha value is -4.78. The van der Waals surface area contributed by atoms with Crippen molar-refractivity contribution in [3.63, 3.8) is 0 Å². The maximum absolute atomic E-state index is 13.6. The van der Waals surface area contributed by atoms with Crippen LogP contribution < -0.4 is 16.0 Å². The third-order valence-electron chi connectivity index (χ3n) is 6.41. The lowest BCUT2D eigenvalue weighted by Gasteiger charge is -2.29. The van der Waals surface area contributed by atoms with Gasteiger partial charge in [0.15, 0.2) is 5.82 Å². The number of hydrogen-bond acceptors (Lipinski definition) is 7. The molecule has 0 saturated heterocycles. The van der Waals surface area contributed by atoms with Gasteiger partial charge in [-0.1, -0.05) is 49.9 Å². The maximum Gasteiger partial charge on any atom is 0.408 e. The fourth-order valence-corrected chi connectivity index (χ4v) is 4.09. The van der Waals surface area contributed by atoms with Gasteiger partial charge in [0.05, 0.1) is 19.5 Å². The molecule has 0 aliphatic carbocycles. The number of benzene rings is 2. The number of likely N-dealkylation sites (N-methyl/N-ethyl adjacent to an activating group) is 1. The van der Waals surface area contributed by atoms with Crippen LogP contribution in [0.15, 0.2) is 67.1 Å². The number of halogens is 1. The van der Waals surface area contributed by atoms with Crippen molar-refractivity contribution in [3.8, 4) is 0 Å². The third-order valence-corrected chi connectivity index (χ3v) is 6.41. The molecule has 0 aliphatic rings. The van der Waals surface area contributed by atoms with E-state index in [1.807, 2.05) is 30.3 Å². The van der Waals surface area contributed by atoms with E-state index in [4.69, 9.17) is 9.47 Å². The summed E-state index contributed by atoms with van der Waals surface area (Å²) in [6.07, 6.45) is 2.04. The number of imidazole rings is 1. The Morgan fingerprint density at radius 1 is 0.978 bits per heavy atom. The number of carbonyl (C=O) groups excluding carboxylic acids is 4. The number of anilines is 1. The lowest BCUT2D eigenvalue weighted by Crippen LogP contribution is -2.59. The number of aromatic nitrogens is 2. The van der Waals surface area contributed by atoms with Gasteiger partial charge in [0, 0.05) is 20.3 Å². The zero-order chi connectivity index (χ0) is 33.4. The molecule has 4 amide bonds. The third kappa shape index (κ3) is 11.0. The topological polar surface area (TPSA) is 144 Å². The van der Waals surface area contributed by atoms with Crippen LogP contribution in [0.25, 0.3) is 0 Å². The highest BCUT2D eigenvalue weighted by molar-refractivity contribution is 5.98. The molecular formula is C33H45FN6O6. The Morgan fingerprint density at radius 3 is 2.20 bits per heavy atom. The van der Waals surface area contributed by atoms with Gasteiger partial charge in [-0.25, -0.2) is 14.2 Å². The van der Waals surface area contributed by atoms with Gasteiger partial charge in [0.25, 0.3) is 5.91 Å².